The molecular weight excluding hydrogens is 597 g/mol. The first-order chi connectivity index (χ1) is 23.8. The number of hydrogen-bond acceptors (Lipinski definition) is 1. The number of benzene rings is 8. The third kappa shape index (κ3) is 3.92. The van der Waals surface area contributed by atoms with Crippen molar-refractivity contribution >= 4 is 22.5 Å². The van der Waals surface area contributed by atoms with Crippen molar-refractivity contribution in [3.63, 3.8) is 0 Å². The normalized spacial score (nSPS) is 13.5. The van der Waals surface area contributed by atoms with E-state index in [0.29, 0.717) is 0 Å². The zero-order valence-corrected chi connectivity index (χ0v) is 27.0. The first kappa shape index (κ1) is 27.5. The van der Waals surface area contributed by atoms with Crippen LogP contribution in [0.5, 0.6) is 0 Å². The van der Waals surface area contributed by atoms with Crippen molar-refractivity contribution in [1.29, 1.82) is 0 Å². The van der Waals surface area contributed by atoms with E-state index in [9.17, 15) is 0 Å². The second kappa shape index (κ2) is 10.7. The molecule has 0 atom stereocenters. The number of fused-ring (bicyclic) bond motifs is 5. The molecule has 0 radical (unpaired) electrons. The lowest BCUT2D eigenvalue weighted by Crippen LogP contribution is -2.28. The highest BCUT2D eigenvalue weighted by Crippen LogP contribution is 2.57. The van der Waals surface area contributed by atoms with Crippen LogP contribution < -0.4 is 0 Å². The quantitative estimate of drug-likeness (QED) is 0.187. The van der Waals surface area contributed by atoms with Gasteiger partial charge in [0.1, 0.15) is 0 Å². The van der Waals surface area contributed by atoms with Gasteiger partial charge in [-0.15, -0.1) is 0 Å². The highest BCUT2D eigenvalue weighted by atomic mass is 32.2. The van der Waals surface area contributed by atoms with Gasteiger partial charge in [0.05, 0.1) is 5.41 Å². The fourth-order valence-electron chi connectivity index (χ4n) is 8.30. The summed E-state index contributed by atoms with van der Waals surface area (Å²) in [4.78, 5) is 2.66. The smallest absolute Gasteiger partial charge is 0.0713 e. The van der Waals surface area contributed by atoms with Gasteiger partial charge in [-0.1, -0.05) is 176 Å². The SMILES string of the molecule is c1ccc(C2(c3ccccc3)c3ccccc3-c3ccc(-c4ccc(-c5ccc6c7c(cccc57)-c5ccccc5S6)cc4)cc32)cc1. The van der Waals surface area contributed by atoms with Crippen molar-refractivity contribution in [2.75, 3.05) is 0 Å². The maximum Gasteiger partial charge on any atom is 0.0713 e. The Morgan fingerprint density at radius 1 is 0.333 bits per heavy atom. The van der Waals surface area contributed by atoms with Crippen LogP contribution >= 0.6 is 11.8 Å². The Balaban J connectivity index is 1.11. The van der Waals surface area contributed by atoms with E-state index in [0.717, 1.165) is 0 Å². The Morgan fingerprint density at radius 3 is 1.69 bits per heavy atom. The summed E-state index contributed by atoms with van der Waals surface area (Å²) in [5.41, 5.74) is 15.1. The van der Waals surface area contributed by atoms with E-state index in [1.807, 2.05) is 11.8 Å². The number of hydrogen-bond donors (Lipinski definition) is 0. The summed E-state index contributed by atoms with van der Waals surface area (Å²) < 4.78 is 0. The topological polar surface area (TPSA) is 0 Å². The molecule has 0 fully saturated rings. The minimum Gasteiger partial charge on any atom is -0.0888 e. The van der Waals surface area contributed by atoms with Crippen molar-refractivity contribution in [2.45, 2.75) is 15.2 Å². The molecule has 8 aromatic rings. The molecule has 0 saturated heterocycles. The molecule has 0 unspecified atom stereocenters. The average Bonchev–Trinajstić information content (AvgIpc) is 3.46. The summed E-state index contributed by atoms with van der Waals surface area (Å²) in [6.45, 7) is 0. The second-order valence-corrected chi connectivity index (χ2v) is 13.9. The fourth-order valence-corrected chi connectivity index (χ4v) is 9.43. The van der Waals surface area contributed by atoms with Gasteiger partial charge in [0.25, 0.3) is 0 Å². The molecule has 1 heteroatoms. The minimum atomic E-state index is -0.398. The van der Waals surface area contributed by atoms with E-state index in [1.165, 1.54) is 87.3 Å². The molecule has 0 spiro atoms. The van der Waals surface area contributed by atoms with Gasteiger partial charge in [-0.3, -0.25) is 0 Å². The maximum atomic E-state index is 2.45. The van der Waals surface area contributed by atoms with Crippen LogP contribution in [0.25, 0.3) is 55.3 Å². The molecule has 8 aromatic carbocycles. The summed E-state index contributed by atoms with van der Waals surface area (Å²) in [5, 5.41) is 2.67. The monoisotopic (exact) mass is 626 g/mol. The van der Waals surface area contributed by atoms with Crippen LogP contribution in [0, 0.1) is 0 Å². The van der Waals surface area contributed by atoms with Gasteiger partial charge in [0.15, 0.2) is 0 Å². The Bertz CT molecular complexity index is 2470. The Morgan fingerprint density at radius 2 is 0.917 bits per heavy atom. The van der Waals surface area contributed by atoms with Crippen molar-refractivity contribution in [3.8, 4) is 44.5 Å². The highest BCUT2D eigenvalue weighted by Gasteiger charge is 2.46. The number of rotatable bonds is 4. The predicted molar refractivity (Wildman–Crippen MR) is 202 cm³/mol. The Hall–Kier alpha value is -5.63. The van der Waals surface area contributed by atoms with E-state index < -0.39 is 5.41 Å². The fraction of sp³-hybridized carbons (Fsp3) is 0.0213. The van der Waals surface area contributed by atoms with Crippen LogP contribution in [0.1, 0.15) is 22.3 Å². The molecule has 2 aliphatic rings. The first-order valence-electron chi connectivity index (χ1n) is 16.6. The van der Waals surface area contributed by atoms with Gasteiger partial charge < -0.3 is 0 Å². The van der Waals surface area contributed by atoms with Crippen LogP contribution in [0.4, 0.5) is 0 Å². The average molecular weight is 627 g/mol. The Kier molecular flexibility index (Phi) is 6.13. The van der Waals surface area contributed by atoms with Crippen LogP contribution in [0.3, 0.4) is 0 Å². The molecule has 0 amide bonds. The molecule has 0 saturated carbocycles. The lowest BCUT2D eigenvalue weighted by Gasteiger charge is -2.34. The maximum absolute atomic E-state index is 2.45. The summed E-state index contributed by atoms with van der Waals surface area (Å²) >= 11 is 1.88. The van der Waals surface area contributed by atoms with Crippen LogP contribution in [-0.4, -0.2) is 0 Å². The summed E-state index contributed by atoms with van der Waals surface area (Å²) in [5.74, 6) is 0. The van der Waals surface area contributed by atoms with Crippen LogP contribution in [0.2, 0.25) is 0 Å². The highest BCUT2D eigenvalue weighted by molar-refractivity contribution is 7.99. The van der Waals surface area contributed by atoms with Crippen LogP contribution in [0.15, 0.2) is 192 Å². The molecular formula is C47H30S. The second-order valence-electron chi connectivity index (χ2n) is 12.8. The van der Waals surface area contributed by atoms with Crippen molar-refractivity contribution in [1.82, 2.24) is 0 Å². The van der Waals surface area contributed by atoms with E-state index in [2.05, 4.69) is 182 Å². The van der Waals surface area contributed by atoms with E-state index in [4.69, 9.17) is 0 Å². The molecule has 1 aliphatic heterocycles. The summed E-state index contributed by atoms with van der Waals surface area (Å²) in [6.07, 6.45) is 0. The van der Waals surface area contributed by atoms with E-state index in [-0.39, 0.29) is 0 Å². The van der Waals surface area contributed by atoms with E-state index in [1.54, 1.807) is 0 Å². The summed E-state index contributed by atoms with van der Waals surface area (Å²) in [6, 6.07) is 67.4. The first-order valence-corrected chi connectivity index (χ1v) is 17.4. The van der Waals surface area contributed by atoms with Crippen molar-refractivity contribution < 1.29 is 0 Å². The lowest BCUT2D eigenvalue weighted by atomic mass is 9.67. The molecule has 1 heterocycles. The predicted octanol–water partition coefficient (Wildman–Crippen LogP) is 12.7. The Labute approximate surface area is 285 Å². The zero-order valence-electron chi connectivity index (χ0n) is 26.2. The summed E-state index contributed by atoms with van der Waals surface area (Å²) in [7, 11) is 0. The van der Waals surface area contributed by atoms with Gasteiger partial charge in [-0.25, -0.2) is 0 Å². The third-order valence-corrected chi connectivity index (χ3v) is 11.5. The molecule has 224 valence electrons. The third-order valence-electron chi connectivity index (χ3n) is 10.4. The minimum absolute atomic E-state index is 0.398. The molecule has 0 bridgehead atoms. The largest absolute Gasteiger partial charge is 0.0888 e. The molecule has 10 rings (SSSR count). The standard InChI is InChI=1S/C47H30S/c1-3-12-34(13-4-1)47(35-14-5-2-6-15-35)42-20-9-7-16-37(42)38-27-26-33(30-43(38)47)31-22-24-32(25-23-31)36-28-29-45-46-40(36)18-11-19-41(46)39-17-8-10-21-44(39)48-45/h1-30H. The molecule has 0 N–H and O–H groups in total. The molecule has 0 nitrogen and oxygen atoms in total. The molecule has 0 aromatic heterocycles. The zero-order chi connectivity index (χ0) is 31.7. The van der Waals surface area contributed by atoms with Gasteiger partial charge in [0.2, 0.25) is 0 Å². The van der Waals surface area contributed by atoms with E-state index >= 15 is 0 Å². The lowest BCUT2D eigenvalue weighted by molar-refractivity contribution is 0.769. The van der Waals surface area contributed by atoms with Gasteiger partial charge in [-0.2, -0.15) is 0 Å². The van der Waals surface area contributed by atoms with Crippen molar-refractivity contribution in [2.24, 2.45) is 0 Å². The van der Waals surface area contributed by atoms with Gasteiger partial charge in [0, 0.05) is 15.2 Å². The van der Waals surface area contributed by atoms with Gasteiger partial charge >= 0.3 is 0 Å². The molecule has 1 aliphatic carbocycles. The van der Waals surface area contributed by atoms with Crippen LogP contribution in [-0.2, 0) is 5.41 Å². The van der Waals surface area contributed by atoms with Gasteiger partial charge in [-0.05, 0) is 90.3 Å². The molecule has 48 heavy (non-hydrogen) atoms. The van der Waals surface area contributed by atoms with Crippen molar-refractivity contribution in [3.05, 3.63) is 204 Å².